The Bertz CT molecular complexity index is 2160. The molecule has 40 heavy (non-hydrogen) atoms. The molecule has 0 saturated carbocycles. The van der Waals surface area contributed by atoms with Gasteiger partial charge in [-0.25, -0.2) is 0 Å². The van der Waals surface area contributed by atoms with E-state index in [1.807, 2.05) is 35.6 Å². The van der Waals surface area contributed by atoms with Gasteiger partial charge < -0.3 is 0 Å². The fourth-order valence-electron chi connectivity index (χ4n) is 5.75. The van der Waals surface area contributed by atoms with Crippen LogP contribution < -0.4 is 0 Å². The summed E-state index contributed by atoms with van der Waals surface area (Å²) in [5, 5.41) is 14.5. The molecule has 0 atom stereocenters. The van der Waals surface area contributed by atoms with Crippen molar-refractivity contribution in [3.8, 4) is 39.6 Å². The van der Waals surface area contributed by atoms with E-state index in [9.17, 15) is 0 Å². The normalized spacial score (nSPS) is 11.5. The molecule has 6 aromatic carbocycles. The molecule has 2 aromatic heterocycles. The molecule has 2 heterocycles. The summed E-state index contributed by atoms with van der Waals surface area (Å²) in [6.07, 6.45) is 0. The third-order valence-corrected chi connectivity index (χ3v) is 8.79. The van der Waals surface area contributed by atoms with Crippen molar-refractivity contribution in [1.29, 1.82) is 0 Å². The minimum Gasteiger partial charge on any atom is -0.275 e. The first-order chi connectivity index (χ1) is 19.9. The topological polar surface area (TPSA) is 30.7 Å². The molecule has 0 aliphatic heterocycles. The van der Waals surface area contributed by atoms with Crippen molar-refractivity contribution >= 4 is 42.3 Å². The highest BCUT2D eigenvalue weighted by molar-refractivity contribution is 7.26. The smallest absolute Gasteiger partial charge is 0.169 e. The van der Waals surface area contributed by atoms with E-state index in [-0.39, 0.29) is 0 Å². The zero-order chi connectivity index (χ0) is 26.5. The average Bonchev–Trinajstić information content (AvgIpc) is 3.64. The van der Waals surface area contributed by atoms with Crippen LogP contribution in [0.15, 0.2) is 140 Å². The molecule has 8 rings (SSSR count). The molecule has 0 saturated heterocycles. The van der Waals surface area contributed by atoms with Crippen LogP contribution in [-0.2, 0) is 0 Å². The predicted molar refractivity (Wildman–Crippen MR) is 168 cm³/mol. The number of hydrogen-bond acceptors (Lipinski definition) is 3. The number of para-hydroxylation sites is 1. The van der Waals surface area contributed by atoms with E-state index in [1.165, 1.54) is 36.7 Å². The summed E-state index contributed by atoms with van der Waals surface area (Å²) in [5.74, 6) is 1.65. The molecule has 8 aromatic rings. The first-order valence-corrected chi connectivity index (χ1v) is 14.2. The average molecular weight is 530 g/mol. The van der Waals surface area contributed by atoms with Crippen LogP contribution in [0.4, 0.5) is 0 Å². The van der Waals surface area contributed by atoms with Gasteiger partial charge in [-0.2, -0.15) is 0 Å². The molecule has 0 radical (unpaired) electrons. The molecule has 0 fully saturated rings. The SMILES string of the molecule is c1ccc(-c2nnc(-c3cccc4c(-c5cccc6c5sc5ccccc56)cccc34)n2-c2ccccc2)cc1. The van der Waals surface area contributed by atoms with E-state index in [2.05, 4.69) is 120 Å². The lowest BCUT2D eigenvalue weighted by molar-refractivity contribution is 1.07. The predicted octanol–water partition coefficient (Wildman–Crippen LogP) is 9.79. The number of thiophene rings is 1. The molecule has 188 valence electrons. The van der Waals surface area contributed by atoms with Crippen molar-refractivity contribution < 1.29 is 0 Å². The molecular weight excluding hydrogens is 506 g/mol. The molecular formula is C36H23N3S. The summed E-state index contributed by atoms with van der Waals surface area (Å²) in [7, 11) is 0. The number of fused-ring (bicyclic) bond motifs is 4. The molecule has 3 nitrogen and oxygen atoms in total. The van der Waals surface area contributed by atoms with Crippen LogP contribution in [0.5, 0.6) is 0 Å². The highest BCUT2D eigenvalue weighted by atomic mass is 32.1. The Hall–Kier alpha value is -5.06. The van der Waals surface area contributed by atoms with Crippen LogP contribution in [0.3, 0.4) is 0 Å². The van der Waals surface area contributed by atoms with Crippen molar-refractivity contribution in [3.63, 3.8) is 0 Å². The van der Waals surface area contributed by atoms with Crippen molar-refractivity contribution in [2.45, 2.75) is 0 Å². The molecule has 0 spiro atoms. The van der Waals surface area contributed by atoms with Gasteiger partial charge >= 0.3 is 0 Å². The summed E-state index contributed by atoms with van der Waals surface area (Å²) in [4.78, 5) is 0. The quantitative estimate of drug-likeness (QED) is 0.227. The lowest BCUT2D eigenvalue weighted by Crippen LogP contribution is -2.00. The monoisotopic (exact) mass is 529 g/mol. The van der Waals surface area contributed by atoms with E-state index < -0.39 is 0 Å². The standard InChI is InChI=1S/C36H23N3S/c1-3-12-24(13-4-1)35-37-38-36(39(35)25-14-5-2-6-15-25)32-22-10-17-26-27(18-9-19-28(26)32)30-20-11-21-31-29-16-7-8-23-33(29)40-34(30)31/h1-23H. The minimum absolute atomic E-state index is 0.824. The first kappa shape index (κ1) is 22.9. The molecule has 0 bridgehead atoms. The van der Waals surface area contributed by atoms with Gasteiger partial charge in [-0.3, -0.25) is 4.57 Å². The third-order valence-electron chi connectivity index (χ3n) is 7.57. The highest BCUT2D eigenvalue weighted by Crippen LogP contribution is 2.43. The summed E-state index contributed by atoms with van der Waals surface area (Å²) in [6.45, 7) is 0. The van der Waals surface area contributed by atoms with Gasteiger partial charge in [0.1, 0.15) is 0 Å². The van der Waals surface area contributed by atoms with Crippen LogP contribution in [0.25, 0.3) is 70.5 Å². The van der Waals surface area contributed by atoms with Crippen LogP contribution in [0, 0.1) is 0 Å². The fourth-order valence-corrected chi connectivity index (χ4v) is 6.98. The largest absolute Gasteiger partial charge is 0.275 e. The second-order valence-electron chi connectivity index (χ2n) is 9.87. The van der Waals surface area contributed by atoms with Gasteiger partial charge in [-0.05, 0) is 34.5 Å². The van der Waals surface area contributed by atoms with E-state index in [0.29, 0.717) is 0 Å². The number of rotatable bonds is 4. The summed E-state index contributed by atoms with van der Waals surface area (Å²) in [5.41, 5.74) is 5.61. The van der Waals surface area contributed by atoms with E-state index in [1.54, 1.807) is 0 Å². The third kappa shape index (κ3) is 3.58. The van der Waals surface area contributed by atoms with Gasteiger partial charge in [0, 0.05) is 42.6 Å². The van der Waals surface area contributed by atoms with Crippen LogP contribution in [0.1, 0.15) is 0 Å². The van der Waals surface area contributed by atoms with Crippen LogP contribution >= 0.6 is 11.3 Å². The Morgan fingerprint density at radius 3 is 1.80 bits per heavy atom. The van der Waals surface area contributed by atoms with E-state index in [4.69, 9.17) is 10.2 Å². The fraction of sp³-hybridized carbons (Fsp3) is 0. The second-order valence-corrected chi connectivity index (χ2v) is 10.9. The number of aromatic nitrogens is 3. The Morgan fingerprint density at radius 1 is 0.425 bits per heavy atom. The lowest BCUT2D eigenvalue weighted by Gasteiger charge is -2.14. The van der Waals surface area contributed by atoms with Gasteiger partial charge in [0.2, 0.25) is 0 Å². The van der Waals surface area contributed by atoms with Gasteiger partial charge in [0.15, 0.2) is 11.6 Å². The van der Waals surface area contributed by atoms with E-state index >= 15 is 0 Å². The van der Waals surface area contributed by atoms with Crippen molar-refractivity contribution in [3.05, 3.63) is 140 Å². The van der Waals surface area contributed by atoms with Crippen molar-refractivity contribution in [1.82, 2.24) is 14.8 Å². The molecule has 0 aliphatic rings. The van der Waals surface area contributed by atoms with Crippen LogP contribution in [0.2, 0.25) is 0 Å². The van der Waals surface area contributed by atoms with Gasteiger partial charge in [-0.15, -0.1) is 21.5 Å². The van der Waals surface area contributed by atoms with Crippen molar-refractivity contribution in [2.24, 2.45) is 0 Å². The van der Waals surface area contributed by atoms with Crippen LogP contribution in [-0.4, -0.2) is 14.8 Å². The van der Waals surface area contributed by atoms with Crippen molar-refractivity contribution in [2.75, 3.05) is 0 Å². The zero-order valence-corrected chi connectivity index (χ0v) is 22.3. The molecule has 4 heteroatoms. The Morgan fingerprint density at radius 2 is 1.00 bits per heavy atom. The number of benzene rings is 6. The Kier molecular flexibility index (Phi) is 5.32. The summed E-state index contributed by atoms with van der Waals surface area (Å²) in [6, 6.07) is 49.1. The second kappa shape index (κ2) is 9.30. The van der Waals surface area contributed by atoms with Gasteiger partial charge in [0.05, 0.1) is 0 Å². The van der Waals surface area contributed by atoms with Gasteiger partial charge in [0.25, 0.3) is 0 Å². The maximum atomic E-state index is 4.79. The summed E-state index contributed by atoms with van der Waals surface area (Å²) < 4.78 is 4.81. The minimum atomic E-state index is 0.824. The maximum absolute atomic E-state index is 4.79. The molecule has 0 unspecified atom stereocenters. The lowest BCUT2D eigenvalue weighted by atomic mass is 9.94. The number of nitrogens with zero attached hydrogens (tertiary/aromatic N) is 3. The number of hydrogen-bond donors (Lipinski definition) is 0. The maximum Gasteiger partial charge on any atom is 0.169 e. The van der Waals surface area contributed by atoms with E-state index in [0.717, 1.165) is 33.8 Å². The molecule has 0 aliphatic carbocycles. The zero-order valence-electron chi connectivity index (χ0n) is 21.5. The Labute approximate surface area is 235 Å². The molecule has 0 N–H and O–H groups in total. The van der Waals surface area contributed by atoms with Gasteiger partial charge in [-0.1, -0.05) is 121 Å². The Balaban J connectivity index is 1.38. The molecule has 0 amide bonds. The highest BCUT2D eigenvalue weighted by Gasteiger charge is 2.20. The first-order valence-electron chi connectivity index (χ1n) is 13.4. The summed E-state index contributed by atoms with van der Waals surface area (Å²) >= 11 is 1.87.